The van der Waals surface area contributed by atoms with Crippen LogP contribution >= 0.6 is 35.2 Å². The Labute approximate surface area is 153 Å². The topological polar surface area (TPSA) is 62.7 Å². The minimum Gasteiger partial charge on any atom is -0.354 e. The van der Waals surface area contributed by atoms with Gasteiger partial charge in [0.1, 0.15) is 6.54 Å². The summed E-state index contributed by atoms with van der Waals surface area (Å²) >= 11 is 12.7. The zero-order chi connectivity index (χ0) is 16.9. The molecule has 3 rings (SSSR count). The zero-order valence-corrected chi connectivity index (χ0v) is 15.0. The van der Waals surface area contributed by atoms with Gasteiger partial charge in [-0.15, -0.1) is 11.3 Å². The van der Waals surface area contributed by atoms with Crippen LogP contribution in [0.4, 0.5) is 0 Å². The molecular weight excluding hydrogens is 364 g/mol. The van der Waals surface area contributed by atoms with Crippen molar-refractivity contribution in [3.63, 3.8) is 0 Å². The molecule has 5 nitrogen and oxygen atoms in total. The largest absolute Gasteiger partial charge is 0.354 e. The molecule has 0 fully saturated rings. The van der Waals surface area contributed by atoms with E-state index in [1.54, 1.807) is 15.9 Å². The van der Waals surface area contributed by atoms with E-state index < -0.39 is 0 Å². The number of thiophene rings is 1. The van der Waals surface area contributed by atoms with Crippen LogP contribution < -0.4 is 5.32 Å². The monoisotopic (exact) mass is 378 g/mol. The summed E-state index contributed by atoms with van der Waals surface area (Å²) in [5, 5.41) is 12.5. The van der Waals surface area contributed by atoms with Gasteiger partial charge in [0.2, 0.25) is 5.91 Å². The van der Waals surface area contributed by atoms with Gasteiger partial charge in [-0.05, 0) is 47.8 Å². The Bertz CT molecular complexity index is 886. The Hall–Kier alpha value is -1.96. The molecule has 0 bridgehead atoms. The van der Waals surface area contributed by atoms with E-state index in [2.05, 4.69) is 15.5 Å². The van der Waals surface area contributed by atoms with E-state index in [0.29, 0.717) is 22.2 Å². The van der Waals surface area contributed by atoms with Gasteiger partial charge in [0.15, 0.2) is 10.6 Å². The lowest BCUT2D eigenvalue weighted by molar-refractivity contribution is -0.121. The quantitative estimate of drug-likeness (QED) is 0.643. The summed E-state index contributed by atoms with van der Waals surface area (Å²) in [6, 6.07) is 11.5. The van der Waals surface area contributed by atoms with Gasteiger partial charge in [-0.1, -0.05) is 29.8 Å². The number of aromatic amines is 1. The Balaban J connectivity index is 1.60. The predicted molar refractivity (Wildman–Crippen MR) is 98.9 cm³/mol. The van der Waals surface area contributed by atoms with Crippen LogP contribution in [0.15, 0.2) is 41.8 Å². The highest BCUT2D eigenvalue weighted by atomic mass is 35.5. The first-order valence-corrected chi connectivity index (χ1v) is 9.00. The summed E-state index contributed by atoms with van der Waals surface area (Å²) < 4.78 is 2.14. The molecule has 0 aliphatic heterocycles. The molecule has 0 radical (unpaired) electrons. The van der Waals surface area contributed by atoms with Gasteiger partial charge in [-0.2, -0.15) is 5.10 Å². The molecule has 0 aliphatic carbocycles. The fourth-order valence-corrected chi connectivity index (χ4v) is 3.43. The van der Waals surface area contributed by atoms with E-state index in [-0.39, 0.29) is 12.5 Å². The molecule has 0 aliphatic rings. The first-order chi connectivity index (χ1) is 11.6. The van der Waals surface area contributed by atoms with Crippen molar-refractivity contribution in [1.82, 2.24) is 20.1 Å². The van der Waals surface area contributed by atoms with Gasteiger partial charge >= 0.3 is 0 Å². The van der Waals surface area contributed by atoms with Crippen LogP contribution in [0.1, 0.15) is 5.56 Å². The molecular formula is C16H15ClN4OS2. The van der Waals surface area contributed by atoms with Gasteiger partial charge < -0.3 is 5.32 Å². The minimum absolute atomic E-state index is 0.104. The highest BCUT2D eigenvalue weighted by molar-refractivity contribution is 7.71. The molecule has 124 valence electrons. The molecule has 0 saturated carbocycles. The van der Waals surface area contributed by atoms with Gasteiger partial charge in [0.25, 0.3) is 0 Å². The molecule has 1 aromatic carbocycles. The number of H-pyrrole nitrogens is 1. The van der Waals surface area contributed by atoms with Crippen molar-refractivity contribution in [2.75, 3.05) is 6.54 Å². The fourth-order valence-electron chi connectivity index (χ4n) is 2.30. The number of carbonyl (C=O) groups is 1. The molecule has 0 unspecified atom stereocenters. The summed E-state index contributed by atoms with van der Waals surface area (Å²) in [7, 11) is 0. The molecule has 2 heterocycles. The summed E-state index contributed by atoms with van der Waals surface area (Å²) in [4.78, 5) is 13.2. The van der Waals surface area contributed by atoms with Crippen molar-refractivity contribution < 1.29 is 4.79 Å². The number of rotatable bonds is 6. The van der Waals surface area contributed by atoms with Crippen molar-refractivity contribution in [1.29, 1.82) is 0 Å². The van der Waals surface area contributed by atoms with Crippen molar-refractivity contribution in [3.05, 3.63) is 57.1 Å². The van der Waals surface area contributed by atoms with Gasteiger partial charge in [-0.25, -0.2) is 0 Å². The number of nitrogens with zero attached hydrogens (tertiary/aromatic N) is 2. The summed E-state index contributed by atoms with van der Waals surface area (Å²) in [5.74, 6) is 0.576. The van der Waals surface area contributed by atoms with Crippen LogP contribution in [-0.2, 0) is 17.8 Å². The number of halogens is 1. The molecule has 3 aromatic rings. The third kappa shape index (κ3) is 4.11. The van der Waals surface area contributed by atoms with E-state index in [1.807, 2.05) is 41.8 Å². The van der Waals surface area contributed by atoms with Gasteiger partial charge in [0, 0.05) is 11.6 Å². The van der Waals surface area contributed by atoms with Crippen LogP contribution in [0.3, 0.4) is 0 Å². The molecule has 1 amide bonds. The predicted octanol–water partition coefficient (Wildman–Crippen LogP) is 3.68. The fraction of sp³-hybridized carbons (Fsp3) is 0.188. The molecule has 2 N–H and O–H groups in total. The molecule has 24 heavy (non-hydrogen) atoms. The molecule has 0 saturated heterocycles. The lowest BCUT2D eigenvalue weighted by Gasteiger charge is -2.08. The van der Waals surface area contributed by atoms with Crippen LogP contribution in [-0.4, -0.2) is 27.2 Å². The Morgan fingerprint density at radius 1 is 1.38 bits per heavy atom. The molecule has 2 aromatic heterocycles. The summed E-state index contributed by atoms with van der Waals surface area (Å²) in [6.45, 7) is 0.677. The van der Waals surface area contributed by atoms with Crippen molar-refractivity contribution >= 4 is 41.1 Å². The number of amides is 1. The second-order valence-electron chi connectivity index (χ2n) is 5.15. The summed E-state index contributed by atoms with van der Waals surface area (Å²) in [5.41, 5.74) is 1.09. The number of hydrogen-bond donors (Lipinski definition) is 2. The Kier molecular flexibility index (Phi) is 5.44. The van der Waals surface area contributed by atoms with Crippen LogP contribution in [0, 0.1) is 4.77 Å². The second kappa shape index (κ2) is 7.74. The average Bonchev–Trinajstić information content (AvgIpc) is 3.18. The number of nitrogens with one attached hydrogen (secondary N) is 2. The van der Waals surface area contributed by atoms with Crippen LogP contribution in [0.25, 0.3) is 10.7 Å². The molecule has 8 heteroatoms. The maximum atomic E-state index is 12.2. The third-order valence-corrected chi connectivity index (χ3v) is 4.84. The van der Waals surface area contributed by atoms with E-state index in [4.69, 9.17) is 23.8 Å². The highest BCUT2D eigenvalue weighted by Crippen LogP contribution is 2.22. The lowest BCUT2D eigenvalue weighted by atomic mass is 10.1. The Morgan fingerprint density at radius 3 is 3.00 bits per heavy atom. The molecule has 0 spiro atoms. The van der Waals surface area contributed by atoms with Crippen LogP contribution in [0.5, 0.6) is 0 Å². The van der Waals surface area contributed by atoms with Crippen molar-refractivity contribution in [2.24, 2.45) is 0 Å². The third-order valence-electron chi connectivity index (χ3n) is 3.43. The zero-order valence-electron chi connectivity index (χ0n) is 12.7. The standard InChI is InChI=1S/C16H15ClN4OS2/c17-12-4-1-3-11(9-12)6-7-18-14(22)10-21-15(19-20-16(21)23)13-5-2-8-24-13/h1-5,8-9H,6-7,10H2,(H,18,22)(H,20,23). The van der Waals surface area contributed by atoms with Gasteiger partial charge in [0.05, 0.1) is 4.88 Å². The second-order valence-corrected chi connectivity index (χ2v) is 6.92. The number of benzene rings is 1. The number of carbonyl (C=O) groups excluding carboxylic acids is 1. The molecule has 0 atom stereocenters. The van der Waals surface area contributed by atoms with E-state index >= 15 is 0 Å². The van der Waals surface area contributed by atoms with Crippen molar-refractivity contribution in [3.8, 4) is 10.7 Å². The maximum absolute atomic E-state index is 12.2. The van der Waals surface area contributed by atoms with Crippen molar-refractivity contribution in [2.45, 2.75) is 13.0 Å². The van der Waals surface area contributed by atoms with E-state index in [1.165, 1.54) is 0 Å². The van der Waals surface area contributed by atoms with Gasteiger partial charge in [-0.3, -0.25) is 14.5 Å². The average molecular weight is 379 g/mol. The minimum atomic E-state index is -0.104. The maximum Gasteiger partial charge on any atom is 0.240 e. The smallest absolute Gasteiger partial charge is 0.240 e. The number of aromatic nitrogens is 3. The SMILES string of the molecule is O=C(Cn1c(-c2cccs2)n[nH]c1=S)NCCc1cccc(Cl)c1. The number of hydrogen-bond acceptors (Lipinski definition) is 4. The first kappa shape index (κ1) is 16.9. The lowest BCUT2D eigenvalue weighted by Crippen LogP contribution is -2.29. The Morgan fingerprint density at radius 2 is 2.25 bits per heavy atom. The highest BCUT2D eigenvalue weighted by Gasteiger charge is 2.12. The normalized spacial score (nSPS) is 10.7. The first-order valence-electron chi connectivity index (χ1n) is 7.34. The van der Waals surface area contributed by atoms with Crippen LogP contribution in [0.2, 0.25) is 5.02 Å². The van der Waals surface area contributed by atoms with E-state index in [9.17, 15) is 4.79 Å². The summed E-state index contributed by atoms with van der Waals surface area (Å²) in [6.07, 6.45) is 0.723. The van der Waals surface area contributed by atoms with E-state index in [0.717, 1.165) is 16.9 Å².